The van der Waals surface area contributed by atoms with Crippen molar-refractivity contribution >= 4 is 5.91 Å². The molecule has 2 rings (SSSR count). The lowest BCUT2D eigenvalue weighted by atomic mass is 10.1. The second kappa shape index (κ2) is 5.02. The fraction of sp³-hybridized carbons (Fsp3) is 0.462. The van der Waals surface area contributed by atoms with Crippen molar-refractivity contribution in [2.45, 2.75) is 19.4 Å². The van der Waals surface area contributed by atoms with E-state index in [9.17, 15) is 13.6 Å². The van der Waals surface area contributed by atoms with Crippen molar-refractivity contribution in [3.63, 3.8) is 0 Å². The lowest BCUT2D eigenvalue weighted by molar-refractivity contribution is -0.129. The third-order valence-electron chi connectivity index (χ3n) is 3.39. The minimum absolute atomic E-state index is 0.0350. The first-order valence-corrected chi connectivity index (χ1v) is 5.88. The summed E-state index contributed by atoms with van der Waals surface area (Å²) in [5, 5.41) is 9.05. The average molecular weight is 255 g/mol. The lowest BCUT2D eigenvalue weighted by Gasteiger charge is -2.25. The maximum Gasteiger partial charge on any atom is 0.223 e. The summed E-state index contributed by atoms with van der Waals surface area (Å²) in [5.41, 5.74) is 0.556. The van der Waals surface area contributed by atoms with Crippen molar-refractivity contribution in [3.8, 4) is 0 Å². The predicted molar refractivity (Wildman–Crippen MR) is 61.7 cm³/mol. The van der Waals surface area contributed by atoms with Gasteiger partial charge in [0, 0.05) is 25.5 Å². The van der Waals surface area contributed by atoms with Gasteiger partial charge in [0.15, 0.2) is 11.6 Å². The van der Waals surface area contributed by atoms with Crippen LogP contribution in [0.3, 0.4) is 0 Å². The number of aliphatic hydroxyl groups is 1. The van der Waals surface area contributed by atoms with E-state index in [0.29, 0.717) is 18.5 Å². The SMILES string of the molecule is CC(c1ccc(F)c(F)c1)N1CC(CO)CC1=O. The van der Waals surface area contributed by atoms with Crippen LogP contribution < -0.4 is 0 Å². The van der Waals surface area contributed by atoms with Gasteiger partial charge in [-0.25, -0.2) is 8.78 Å². The number of halogens is 2. The molecule has 3 nitrogen and oxygen atoms in total. The molecule has 1 N–H and O–H groups in total. The number of hydrogen-bond donors (Lipinski definition) is 1. The van der Waals surface area contributed by atoms with Gasteiger partial charge in [0.1, 0.15) is 0 Å². The number of benzene rings is 1. The molecule has 0 aliphatic carbocycles. The Bertz CT molecular complexity index is 464. The lowest BCUT2D eigenvalue weighted by Crippen LogP contribution is -2.28. The van der Waals surface area contributed by atoms with Crippen LogP contribution in [0, 0.1) is 17.6 Å². The summed E-state index contributed by atoms with van der Waals surface area (Å²) in [6.07, 6.45) is 0.310. The zero-order valence-corrected chi connectivity index (χ0v) is 10.1. The summed E-state index contributed by atoms with van der Waals surface area (Å²) in [4.78, 5) is 13.3. The summed E-state index contributed by atoms with van der Waals surface area (Å²) in [6, 6.07) is 3.33. The van der Waals surface area contributed by atoms with Gasteiger partial charge in [0.2, 0.25) is 5.91 Å². The van der Waals surface area contributed by atoms with Crippen molar-refractivity contribution in [2.24, 2.45) is 5.92 Å². The highest BCUT2D eigenvalue weighted by Gasteiger charge is 2.32. The van der Waals surface area contributed by atoms with Crippen molar-refractivity contribution < 1.29 is 18.7 Å². The van der Waals surface area contributed by atoms with Gasteiger partial charge < -0.3 is 10.0 Å². The second-order valence-electron chi connectivity index (χ2n) is 4.65. The molecular weight excluding hydrogens is 240 g/mol. The fourth-order valence-electron chi connectivity index (χ4n) is 2.26. The minimum Gasteiger partial charge on any atom is -0.396 e. The highest BCUT2D eigenvalue weighted by molar-refractivity contribution is 5.79. The molecule has 0 spiro atoms. The Labute approximate surface area is 104 Å². The molecule has 1 aliphatic rings. The Morgan fingerprint density at radius 2 is 2.17 bits per heavy atom. The number of nitrogens with zero attached hydrogens (tertiary/aromatic N) is 1. The van der Waals surface area contributed by atoms with Crippen LogP contribution in [-0.2, 0) is 4.79 Å². The molecule has 1 saturated heterocycles. The highest BCUT2D eigenvalue weighted by Crippen LogP contribution is 2.28. The number of hydrogen-bond acceptors (Lipinski definition) is 2. The van der Waals surface area contributed by atoms with E-state index >= 15 is 0 Å². The van der Waals surface area contributed by atoms with Gasteiger partial charge in [-0.1, -0.05) is 6.07 Å². The summed E-state index contributed by atoms with van der Waals surface area (Å²) in [6.45, 7) is 2.19. The predicted octanol–water partition coefficient (Wildman–Crippen LogP) is 1.87. The molecule has 0 bridgehead atoms. The smallest absolute Gasteiger partial charge is 0.223 e. The van der Waals surface area contributed by atoms with Crippen molar-refractivity contribution in [1.82, 2.24) is 4.90 Å². The van der Waals surface area contributed by atoms with Gasteiger partial charge >= 0.3 is 0 Å². The zero-order chi connectivity index (χ0) is 13.3. The van der Waals surface area contributed by atoms with E-state index in [4.69, 9.17) is 5.11 Å². The van der Waals surface area contributed by atoms with Crippen molar-refractivity contribution in [3.05, 3.63) is 35.4 Å². The van der Waals surface area contributed by atoms with E-state index in [-0.39, 0.29) is 24.5 Å². The molecule has 1 fully saturated rings. The van der Waals surface area contributed by atoms with Crippen LogP contribution in [0.25, 0.3) is 0 Å². The maximum atomic E-state index is 13.1. The summed E-state index contributed by atoms with van der Waals surface area (Å²) in [5.74, 6) is -1.94. The summed E-state index contributed by atoms with van der Waals surface area (Å²) >= 11 is 0. The number of carbonyl (C=O) groups is 1. The Morgan fingerprint density at radius 1 is 1.44 bits per heavy atom. The highest BCUT2D eigenvalue weighted by atomic mass is 19.2. The van der Waals surface area contributed by atoms with Gasteiger partial charge in [-0.3, -0.25) is 4.79 Å². The monoisotopic (exact) mass is 255 g/mol. The first-order chi connectivity index (χ1) is 8.52. The molecule has 1 heterocycles. The summed E-state index contributed by atoms with van der Waals surface area (Å²) < 4.78 is 26.0. The van der Waals surface area contributed by atoms with Crippen LogP contribution in [0.4, 0.5) is 8.78 Å². The van der Waals surface area contributed by atoms with E-state index in [0.717, 1.165) is 12.1 Å². The van der Waals surface area contributed by atoms with Crippen LogP contribution in [0.15, 0.2) is 18.2 Å². The molecule has 1 aliphatic heterocycles. The fourth-order valence-corrected chi connectivity index (χ4v) is 2.26. The molecule has 0 aromatic heterocycles. The minimum atomic E-state index is -0.912. The topological polar surface area (TPSA) is 40.5 Å². The number of likely N-dealkylation sites (tertiary alicyclic amines) is 1. The average Bonchev–Trinajstić information content (AvgIpc) is 2.73. The van der Waals surface area contributed by atoms with Crippen molar-refractivity contribution in [1.29, 1.82) is 0 Å². The van der Waals surface area contributed by atoms with Crippen LogP contribution in [0.2, 0.25) is 0 Å². The van der Waals surface area contributed by atoms with Gasteiger partial charge in [0.05, 0.1) is 6.04 Å². The standard InChI is InChI=1S/C13H15F2NO2/c1-8(10-2-3-11(14)12(15)5-10)16-6-9(7-17)4-13(16)18/h2-3,5,8-9,17H,4,6-7H2,1H3. The first kappa shape index (κ1) is 13.0. The number of aliphatic hydroxyl groups excluding tert-OH is 1. The molecule has 0 radical (unpaired) electrons. The molecule has 1 aromatic rings. The molecule has 0 saturated carbocycles. The third kappa shape index (κ3) is 2.36. The molecule has 18 heavy (non-hydrogen) atoms. The zero-order valence-electron chi connectivity index (χ0n) is 10.1. The number of rotatable bonds is 3. The van der Waals surface area contributed by atoms with Gasteiger partial charge in [-0.05, 0) is 24.6 Å². The molecule has 1 aromatic carbocycles. The van der Waals surface area contributed by atoms with Gasteiger partial charge in [0.25, 0.3) is 0 Å². The van der Waals surface area contributed by atoms with E-state index in [1.165, 1.54) is 6.07 Å². The molecular formula is C13H15F2NO2. The molecule has 1 amide bonds. The van der Waals surface area contributed by atoms with E-state index in [1.54, 1.807) is 11.8 Å². The first-order valence-electron chi connectivity index (χ1n) is 5.88. The van der Waals surface area contributed by atoms with Crippen LogP contribution in [-0.4, -0.2) is 29.1 Å². The largest absolute Gasteiger partial charge is 0.396 e. The molecule has 2 unspecified atom stereocenters. The second-order valence-corrected chi connectivity index (χ2v) is 4.65. The van der Waals surface area contributed by atoms with E-state index in [2.05, 4.69) is 0 Å². The number of amides is 1. The molecule has 98 valence electrons. The Hall–Kier alpha value is -1.49. The summed E-state index contributed by atoms with van der Waals surface area (Å²) in [7, 11) is 0. The van der Waals surface area contributed by atoms with Gasteiger partial charge in [-0.2, -0.15) is 0 Å². The van der Waals surface area contributed by atoms with E-state index < -0.39 is 11.6 Å². The van der Waals surface area contributed by atoms with E-state index in [1.807, 2.05) is 0 Å². The Kier molecular flexibility index (Phi) is 3.61. The van der Waals surface area contributed by atoms with Crippen LogP contribution in [0.1, 0.15) is 24.9 Å². The maximum absolute atomic E-state index is 13.1. The quantitative estimate of drug-likeness (QED) is 0.895. The van der Waals surface area contributed by atoms with Crippen LogP contribution in [0.5, 0.6) is 0 Å². The Balaban J connectivity index is 2.18. The van der Waals surface area contributed by atoms with Gasteiger partial charge in [-0.15, -0.1) is 0 Å². The number of carbonyl (C=O) groups excluding carboxylic acids is 1. The Morgan fingerprint density at radius 3 is 2.72 bits per heavy atom. The normalized spacial score (nSPS) is 21.4. The third-order valence-corrected chi connectivity index (χ3v) is 3.39. The molecule has 5 heteroatoms. The van der Waals surface area contributed by atoms with Crippen molar-refractivity contribution in [2.75, 3.05) is 13.2 Å². The molecule has 2 atom stereocenters. The van der Waals surface area contributed by atoms with Crippen LogP contribution >= 0.6 is 0 Å².